The molecule has 1 heterocycles. The lowest BCUT2D eigenvalue weighted by atomic mass is 9.88. The Bertz CT molecular complexity index is 249. The van der Waals surface area contributed by atoms with Crippen molar-refractivity contribution in [1.29, 1.82) is 0 Å². The zero-order chi connectivity index (χ0) is 12.9. The van der Waals surface area contributed by atoms with Gasteiger partial charge >= 0.3 is 5.97 Å². The third-order valence-electron chi connectivity index (χ3n) is 3.95. The Morgan fingerprint density at radius 2 is 2.06 bits per heavy atom. The van der Waals surface area contributed by atoms with Gasteiger partial charge in [-0.25, -0.2) is 0 Å². The van der Waals surface area contributed by atoms with Crippen LogP contribution in [-0.2, 0) is 9.53 Å². The van der Waals surface area contributed by atoms with E-state index < -0.39 is 11.5 Å². The molecule has 0 bridgehead atoms. The van der Waals surface area contributed by atoms with Crippen LogP contribution in [0.5, 0.6) is 0 Å². The summed E-state index contributed by atoms with van der Waals surface area (Å²) in [5, 5.41) is 9.51. The summed E-state index contributed by atoms with van der Waals surface area (Å²) in [5.41, 5.74) is -0.699. The Kier molecular flexibility index (Phi) is 5.40. The Morgan fingerprint density at radius 1 is 1.41 bits per heavy atom. The number of carboxylic acid groups (broad SMARTS) is 1. The summed E-state index contributed by atoms with van der Waals surface area (Å²) in [6, 6.07) is 0. The zero-order valence-electron chi connectivity index (χ0n) is 11.2. The SMILES string of the molecule is CCOC1CCCN(C(CC)(CC)C(=O)O)C1. The van der Waals surface area contributed by atoms with E-state index in [1.54, 1.807) is 0 Å². The topological polar surface area (TPSA) is 49.8 Å². The predicted octanol–water partition coefficient (Wildman–Crippen LogP) is 2.13. The molecule has 0 radical (unpaired) electrons. The molecule has 0 aliphatic carbocycles. The maximum absolute atomic E-state index is 11.6. The third-order valence-corrected chi connectivity index (χ3v) is 3.95. The van der Waals surface area contributed by atoms with E-state index in [4.69, 9.17) is 4.74 Å². The summed E-state index contributed by atoms with van der Waals surface area (Å²) in [7, 11) is 0. The molecule has 1 saturated heterocycles. The number of likely N-dealkylation sites (tertiary alicyclic amines) is 1. The van der Waals surface area contributed by atoms with E-state index in [-0.39, 0.29) is 6.10 Å². The molecule has 0 aromatic heterocycles. The van der Waals surface area contributed by atoms with Gasteiger partial charge in [-0.3, -0.25) is 9.69 Å². The number of aliphatic carboxylic acids is 1. The van der Waals surface area contributed by atoms with Crippen LogP contribution in [0.15, 0.2) is 0 Å². The molecule has 0 spiro atoms. The first-order valence-corrected chi connectivity index (χ1v) is 6.70. The summed E-state index contributed by atoms with van der Waals surface area (Å²) in [4.78, 5) is 13.7. The molecule has 0 saturated carbocycles. The quantitative estimate of drug-likeness (QED) is 0.776. The smallest absolute Gasteiger partial charge is 0.324 e. The van der Waals surface area contributed by atoms with Gasteiger partial charge in [0.25, 0.3) is 0 Å². The lowest BCUT2D eigenvalue weighted by Gasteiger charge is -2.44. The third kappa shape index (κ3) is 2.99. The normalized spacial score (nSPS) is 22.6. The number of carbonyl (C=O) groups is 1. The number of hydrogen-bond acceptors (Lipinski definition) is 3. The number of ether oxygens (including phenoxy) is 1. The van der Waals surface area contributed by atoms with Crippen molar-refractivity contribution >= 4 is 5.97 Å². The monoisotopic (exact) mass is 243 g/mol. The van der Waals surface area contributed by atoms with Crippen LogP contribution < -0.4 is 0 Å². The van der Waals surface area contributed by atoms with Crippen LogP contribution in [0.3, 0.4) is 0 Å². The Labute approximate surface area is 104 Å². The summed E-state index contributed by atoms with van der Waals surface area (Å²) in [6.07, 6.45) is 3.58. The molecule has 100 valence electrons. The number of piperidine rings is 1. The highest BCUT2D eigenvalue weighted by atomic mass is 16.5. The van der Waals surface area contributed by atoms with Crippen LogP contribution in [0.2, 0.25) is 0 Å². The molecule has 1 rings (SSSR count). The van der Waals surface area contributed by atoms with Gasteiger partial charge in [-0.2, -0.15) is 0 Å². The summed E-state index contributed by atoms with van der Waals surface area (Å²) in [6.45, 7) is 8.24. The minimum atomic E-state index is -0.699. The van der Waals surface area contributed by atoms with E-state index in [0.29, 0.717) is 19.4 Å². The van der Waals surface area contributed by atoms with Crippen molar-refractivity contribution in [2.24, 2.45) is 0 Å². The Hall–Kier alpha value is -0.610. The van der Waals surface area contributed by atoms with Crippen molar-refractivity contribution in [2.45, 2.75) is 58.1 Å². The molecule has 17 heavy (non-hydrogen) atoms. The summed E-state index contributed by atoms with van der Waals surface area (Å²) >= 11 is 0. The molecule has 1 aliphatic rings. The van der Waals surface area contributed by atoms with Gasteiger partial charge in [0.05, 0.1) is 6.10 Å². The van der Waals surface area contributed by atoms with Crippen molar-refractivity contribution in [1.82, 2.24) is 4.90 Å². The first-order chi connectivity index (χ1) is 8.10. The molecule has 4 nitrogen and oxygen atoms in total. The van der Waals surface area contributed by atoms with E-state index in [9.17, 15) is 9.90 Å². The molecule has 1 fully saturated rings. The van der Waals surface area contributed by atoms with Crippen molar-refractivity contribution in [3.05, 3.63) is 0 Å². The van der Waals surface area contributed by atoms with E-state index in [1.165, 1.54) is 0 Å². The fourth-order valence-electron chi connectivity index (χ4n) is 2.83. The molecule has 4 heteroatoms. The van der Waals surface area contributed by atoms with Crippen LogP contribution in [0.1, 0.15) is 46.5 Å². The average molecular weight is 243 g/mol. The zero-order valence-corrected chi connectivity index (χ0v) is 11.2. The van der Waals surface area contributed by atoms with E-state index in [1.807, 2.05) is 20.8 Å². The number of hydrogen-bond donors (Lipinski definition) is 1. The van der Waals surface area contributed by atoms with E-state index in [2.05, 4.69) is 4.90 Å². The van der Waals surface area contributed by atoms with Crippen molar-refractivity contribution in [3.8, 4) is 0 Å². The van der Waals surface area contributed by atoms with E-state index in [0.717, 1.165) is 25.9 Å². The van der Waals surface area contributed by atoms with Crippen molar-refractivity contribution < 1.29 is 14.6 Å². The highest BCUT2D eigenvalue weighted by Gasteiger charge is 2.42. The number of nitrogens with zero attached hydrogens (tertiary/aromatic N) is 1. The lowest BCUT2D eigenvalue weighted by Crippen LogP contribution is -2.58. The van der Waals surface area contributed by atoms with Gasteiger partial charge in [0.15, 0.2) is 0 Å². The molecular formula is C13H25NO3. The second-order valence-electron chi connectivity index (χ2n) is 4.71. The Morgan fingerprint density at radius 3 is 2.53 bits per heavy atom. The van der Waals surface area contributed by atoms with Crippen LogP contribution in [0.4, 0.5) is 0 Å². The Balaban J connectivity index is 2.77. The molecule has 1 N–H and O–H groups in total. The van der Waals surface area contributed by atoms with Crippen LogP contribution in [0.25, 0.3) is 0 Å². The average Bonchev–Trinajstić information content (AvgIpc) is 2.32. The second kappa shape index (κ2) is 6.36. The molecule has 0 aromatic rings. The van der Waals surface area contributed by atoms with Crippen molar-refractivity contribution in [2.75, 3.05) is 19.7 Å². The highest BCUT2D eigenvalue weighted by Crippen LogP contribution is 2.28. The lowest BCUT2D eigenvalue weighted by molar-refractivity contribution is -0.155. The maximum Gasteiger partial charge on any atom is 0.324 e. The minimum absolute atomic E-state index is 0.200. The summed E-state index contributed by atoms with van der Waals surface area (Å²) in [5.74, 6) is -0.695. The summed E-state index contributed by atoms with van der Waals surface area (Å²) < 4.78 is 5.64. The molecule has 1 atom stereocenters. The van der Waals surface area contributed by atoms with Gasteiger partial charge in [-0.1, -0.05) is 13.8 Å². The van der Waals surface area contributed by atoms with Gasteiger partial charge in [-0.15, -0.1) is 0 Å². The molecule has 0 amide bonds. The molecular weight excluding hydrogens is 218 g/mol. The molecule has 1 aliphatic heterocycles. The fraction of sp³-hybridized carbons (Fsp3) is 0.923. The van der Waals surface area contributed by atoms with Gasteiger partial charge in [0, 0.05) is 13.2 Å². The number of carboxylic acids is 1. The largest absolute Gasteiger partial charge is 0.480 e. The van der Waals surface area contributed by atoms with Crippen LogP contribution in [0, 0.1) is 0 Å². The van der Waals surface area contributed by atoms with E-state index >= 15 is 0 Å². The fourth-order valence-corrected chi connectivity index (χ4v) is 2.83. The standard InChI is InChI=1S/C13H25NO3/c1-4-13(5-2,12(15)16)14-9-7-8-11(10-14)17-6-3/h11H,4-10H2,1-3H3,(H,15,16). The number of rotatable bonds is 6. The van der Waals surface area contributed by atoms with Crippen LogP contribution in [-0.4, -0.2) is 47.3 Å². The van der Waals surface area contributed by atoms with Gasteiger partial charge in [0.2, 0.25) is 0 Å². The first-order valence-electron chi connectivity index (χ1n) is 6.70. The van der Waals surface area contributed by atoms with Crippen LogP contribution >= 0.6 is 0 Å². The van der Waals surface area contributed by atoms with Crippen molar-refractivity contribution in [3.63, 3.8) is 0 Å². The predicted molar refractivity (Wildman–Crippen MR) is 67.2 cm³/mol. The minimum Gasteiger partial charge on any atom is -0.480 e. The van der Waals surface area contributed by atoms with Gasteiger partial charge < -0.3 is 9.84 Å². The van der Waals surface area contributed by atoms with Gasteiger partial charge in [-0.05, 0) is 39.2 Å². The first kappa shape index (κ1) is 14.5. The molecule has 1 unspecified atom stereocenters. The highest BCUT2D eigenvalue weighted by molar-refractivity contribution is 5.78. The van der Waals surface area contributed by atoms with Gasteiger partial charge in [0.1, 0.15) is 5.54 Å². The maximum atomic E-state index is 11.6. The second-order valence-corrected chi connectivity index (χ2v) is 4.71. The molecule has 0 aromatic carbocycles.